The van der Waals surface area contributed by atoms with Crippen molar-refractivity contribution in [3.05, 3.63) is 53.6 Å². The minimum Gasteiger partial charge on any atom is -0.486 e. The molecule has 0 saturated carbocycles. The zero-order valence-corrected chi connectivity index (χ0v) is 11.2. The van der Waals surface area contributed by atoms with Gasteiger partial charge in [-0.15, -0.1) is 0 Å². The Morgan fingerprint density at radius 3 is 2.90 bits per heavy atom. The highest BCUT2D eigenvalue weighted by Crippen LogP contribution is 2.43. The molecule has 2 aromatic rings. The first-order valence-corrected chi connectivity index (χ1v) is 6.53. The van der Waals surface area contributed by atoms with Crippen LogP contribution in [0.5, 0.6) is 11.5 Å². The van der Waals surface area contributed by atoms with Crippen molar-refractivity contribution in [2.75, 3.05) is 13.2 Å². The van der Waals surface area contributed by atoms with Gasteiger partial charge in [-0.1, -0.05) is 18.2 Å². The molecule has 0 aromatic heterocycles. The second-order valence-electron chi connectivity index (χ2n) is 4.69. The number of benzene rings is 2. The van der Waals surface area contributed by atoms with Crippen LogP contribution in [0.1, 0.15) is 0 Å². The van der Waals surface area contributed by atoms with Gasteiger partial charge in [0.2, 0.25) is 0 Å². The molecule has 0 fully saturated rings. The van der Waals surface area contributed by atoms with Gasteiger partial charge in [-0.2, -0.15) is 0 Å². The lowest BCUT2D eigenvalue weighted by atomic mass is 10.0. The first kappa shape index (κ1) is 13.4. The van der Waals surface area contributed by atoms with Gasteiger partial charge in [0.15, 0.2) is 17.2 Å². The van der Waals surface area contributed by atoms with E-state index in [9.17, 15) is 4.39 Å². The minimum atomic E-state index is -0.438. The predicted molar refractivity (Wildman–Crippen MR) is 77.1 cm³/mol. The van der Waals surface area contributed by atoms with Crippen LogP contribution in [0.4, 0.5) is 10.1 Å². The van der Waals surface area contributed by atoms with Crippen molar-refractivity contribution in [1.29, 1.82) is 0 Å². The van der Waals surface area contributed by atoms with E-state index >= 15 is 0 Å². The summed E-state index contributed by atoms with van der Waals surface area (Å²) in [7, 11) is 0. The van der Waals surface area contributed by atoms with Crippen molar-refractivity contribution in [2.24, 2.45) is 5.73 Å². The predicted octanol–water partition coefficient (Wildman–Crippen LogP) is 3.14. The molecule has 1 aliphatic rings. The number of para-hydroxylation sites is 1. The summed E-state index contributed by atoms with van der Waals surface area (Å²) in [5.74, 6) is 0.722. The van der Waals surface area contributed by atoms with E-state index in [2.05, 4.69) is 4.85 Å². The van der Waals surface area contributed by atoms with Crippen LogP contribution < -0.4 is 15.2 Å². The van der Waals surface area contributed by atoms with E-state index in [1.165, 1.54) is 12.1 Å². The van der Waals surface area contributed by atoms with Gasteiger partial charge in [-0.3, -0.25) is 0 Å². The number of ether oxygens (including phenoxy) is 2. The van der Waals surface area contributed by atoms with Crippen LogP contribution in [0.3, 0.4) is 0 Å². The molecule has 0 bridgehead atoms. The molecule has 2 aromatic carbocycles. The Morgan fingerprint density at radius 1 is 1.29 bits per heavy atom. The Hall–Kier alpha value is -2.58. The molecular formula is C16H13FN2O2. The number of hydrogen-bond acceptors (Lipinski definition) is 3. The van der Waals surface area contributed by atoms with Gasteiger partial charge in [0.25, 0.3) is 0 Å². The van der Waals surface area contributed by atoms with Gasteiger partial charge < -0.3 is 15.2 Å². The SMILES string of the molecule is [C-]#[N+]c1cc(F)ccc1-c1cccc2c1O[C@@H](CN)CO2. The molecule has 0 spiro atoms. The summed E-state index contributed by atoms with van der Waals surface area (Å²) < 4.78 is 24.8. The maximum atomic E-state index is 13.3. The molecular weight excluding hydrogens is 271 g/mol. The Labute approximate surface area is 121 Å². The number of rotatable bonds is 2. The lowest BCUT2D eigenvalue weighted by Gasteiger charge is -2.27. The van der Waals surface area contributed by atoms with Crippen molar-refractivity contribution in [1.82, 2.24) is 0 Å². The van der Waals surface area contributed by atoms with E-state index in [0.29, 0.717) is 35.8 Å². The molecule has 1 atom stereocenters. The van der Waals surface area contributed by atoms with Crippen LogP contribution in [0.2, 0.25) is 0 Å². The second kappa shape index (κ2) is 5.43. The summed E-state index contributed by atoms with van der Waals surface area (Å²) in [4.78, 5) is 3.38. The van der Waals surface area contributed by atoms with Crippen molar-refractivity contribution < 1.29 is 13.9 Å². The van der Waals surface area contributed by atoms with E-state index in [-0.39, 0.29) is 11.8 Å². The van der Waals surface area contributed by atoms with Crippen molar-refractivity contribution >= 4 is 5.69 Å². The molecule has 0 amide bonds. The molecule has 5 heteroatoms. The molecule has 0 aliphatic carbocycles. The Bertz CT molecular complexity index is 725. The average Bonchev–Trinajstić information content (AvgIpc) is 2.53. The van der Waals surface area contributed by atoms with Crippen molar-refractivity contribution in [3.63, 3.8) is 0 Å². The summed E-state index contributed by atoms with van der Waals surface area (Å²) in [6, 6.07) is 9.56. The van der Waals surface area contributed by atoms with Crippen LogP contribution in [0.15, 0.2) is 36.4 Å². The van der Waals surface area contributed by atoms with Gasteiger partial charge in [-0.05, 0) is 23.8 Å². The zero-order valence-electron chi connectivity index (χ0n) is 11.2. The first-order chi connectivity index (χ1) is 10.2. The van der Waals surface area contributed by atoms with Gasteiger partial charge >= 0.3 is 0 Å². The summed E-state index contributed by atoms with van der Waals surface area (Å²) in [5, 5.41) is 0. The van der Waals surface area contributed by atoms with Gasteiger partial charge in [0.05, 0.1) is 6.57 Å². The van der Waals surface area contributed by atoms with Crippen LogP contribution in [-0.2, 0) is 0 Å². The number of nitrogens with zero attached hydrogens (tertiary/aromatic N) is 1. The molecule has 2 N–H and O–H groups in total. The summed E-state index contributed by atoms with van der Waals surface area (Å²) in [5.41, 5.74) is 7.18. The highest BCUT2D eigenvalue weighted by atomic mass is 19.1. The second-order valence-corrected chi connectivity index (χ2v) is 4.69. The highest BCUT2D eigenvalue weighted by molar-refractivity contribution is 5.84. The maximum absolute atomic E-state index is 13.3. The van der Waals surface area contributed by atoms with E-state index in [0.717, 1.165) is 0 Å². The zero-order chi connectivity index (χ0) is 14.8. The van der Waals surface area contributed by atoms with Crippen molar-refractivity contribution in [3.8, 4) is 22.6 Å². The normalized spacial score (nSPS) is 16.3. The molecule has 106 valence electrons. The Morgan fingerprint density at radius 2 is 2.14 bits per heavy atom. The molecule has 4 nitrogen and oxygen atoms in total. The van der Waals surface area contributed by atoms with E-state index in [1.807, 2.05) is 12.1 Å². The topological polar surface area (TPSA) is 48.8 Å². The van der Waals surface area contributed by atoms with Gasteiger partial charge in [0, 0.05) is 12.1 Å². The lowest BCUT2D eigenvalue weighted by molar-refractivity contribution is 0.0976. The van der Waals surface area contributed by atoms with E-state index in [4.69, 9.17) is 21.8 Å². The number of fused-ring (bicyclic) bond motifs is 1. The first-order valence-electron chi connectivity index (χ1n) is 6.53. The third-order valence-corrected chi connectivity index (χ3v) is 3.32. The molecule has 0 unspecified atom stereocenters. The fraction of sp³-hybridized carbons (Fsp3) is 0.188. The summed E-state index contributed by atoms with van der Waals surface area (Å²) in [6.07, 6.45) is -0.226. The minimum absolute atomic E-state index is 0.226. The van der Waals surface area contributed by atoms with Crippen LogP contribution in [0.25, 0.3) is 16.0 Å². The van der Waals surface area contributed by atoms with Crippen LogP contribution >= 0.6 is 0 Å². The molecule has 3 rings (SSSR count). The van der Waals surface area contributed by atoms with E-state index in [1.54, 1.807) is 12.1 Å². The summed E-state index contributed by atoms with van der Waals surface area (Å²) in [6.45, 7) is 7.95. The molecule has 1 aliphatic heterocycles. The molecule has 1 heterocycles. The molecule has 0 saturated heterocycles. The number of hydrogen-bond donors (Lipinski definition) is 1. The van der Waals surface area contributed by atoms with Crippen LogP contribution in [0, 0.1) is 12.4 Å². The third-order valence-electron chi connectivity index (χ3n) is 3.32. The fourth-order valence-electron chi connectivity index (χ4n) is 2.29. The van der Waals surface area contributed by atoms with Crippen molar-refractivity contribution in [2.45, 2.75) is 6.10 Å². The molecule has 0 radical (unpaired) electrons. The fourth-order valence-corrected chi connectivity index (χ4v) is 2.29. The highest BCUT2D eigenvalue weighted by Gasteiger charge is 2.24. The Balaban J connectivity index is 2.14. The lowest BCUT2D eigenvalue weighted by Crippen LogP contribution is -2.35. The van der Waals surface area contributed by atoms with Crippen LogP contribution in [-0.4, -0.2) is 19.3 Å². The quantitative estimate of drug-likeness (QED) is 0.862. The Kier molecular flexibility index (Phi) is 3.46. The smallest absolute Gasteiger partial charge is 0.197 e. The summed E-state index contributed by atoms with van der Waals surface area (Å²) >= 11 is 0. The number of halogens is 1. The third kappa shape index (κ3) is 2.41. The van der Waals surface area contributed by atoms with Gasteiger partial charge in [-0.25, -0.2) is 9.24 Å². The largest absolute Gasteiger partial charge is 0.486 e. The monoisotopic (exact) mass is 284 g/mol. The standard InChI is InChI=1S/C16H13FN2O2/c1-19-14-7-10(17)5-6-12(14)13-3-2-4-15-16(13)21-11(8-18)9-20-15/h2-7,11H,8-9,18H2/t11-/m0/s1. The molecule has 21 heavy (non-hydrogen) atoms. The number of nitrogens with two attached hydrogens (primary N) is 1. The maximum Gasteiger partial charge on any atom is 0.197 e. The van der Waals surface area contributed by atoms with E-state index < -0.39 is 5.82 Å². The van der Waals surface area contributed by atoms with Gasteiger partial charge in [0.1, 0.15) is 18.5 Å². The average molecular weight is 284 g/mol.